The lowest BCUT2D eigenvalue weighted by molar-refractivity contribution is -0.179. The molecular formula is C33H55NO8. The highest BCUT2D eigenvalue weighted by Crippen LogP contribution is 2.30. The van der Waals surface area contributed by atoms with E-state index in [1.165, 1.54) is 0 Å². The van der Waals surface area contributed by atoms with Crippen LogP contribution in [0.5, 0.6) is 0 Å². The van der Waals surface area contributed by atoms with Gasteiger partial charge < -0.3 is 35.6 Å². The van der Waals surface area contributed by atoms with Crippen LogP contribution in [0.2, 0.25) is 0 Å². The molecule has 0 bridgehead atoms. The molecular weight excluding hydrogens is 538 g/mol. The lowest BCUT2D eigenvalue weighted by atomic mass is 9.81. The van der Waals surface area contributed by atoms with Crippen LogP contribution < -0.4 is 5.73 Å². The Morgan fingerprint density at radius 3 is 2.21 bits per heavy atom. The maximum atomic E-state index is 12.0. The molecule has 9 nitrogen and oxygen atoms in total. The van der Waals surface area contributed by atoms with Gasteiger partial charge in [0.2, 0.25) is 0 Å². The van der Waals surface area contributed by atoms with Crippen molar-refractivity contribution in [1.82, 2.24) is 0 Å². The normalized spacial score (nSPS) is 28.3. The second-order valence-corrected chi connectivity index (χ2v) is 12.4. The summed E-state index contributed by atoms with van der Waals surface area (Å²) in [5.41, 5.74) is 6.30. The molecule has 0 unspecified atom stereocenters. The van der Waals surface area contributed by atoms with E-state index in [2.05, 4.69) is 6.58 Å². The third kappa shape index (κ3) is 11.3. The summed E-state index contributed by atoms with van der Waals surface area (Å²) >= 11 is 0. The van der Waals surface area contributed by atoms with E-state index in [-0.39, 0.29) is 41.9 Å². The number of hydrogen-bond acceptors (Lipinski definition) is 8. The van der Waals surface area contributed by atoms with Gasteiger partial charge in [-0.1, -0.05) is 90.2 Å². The molecule has 1 heterocycles. The molecule has 0 aromatic heterocycles. The van der Waals surface area contributed by atoms with E-state index in [1.54, 1.807) is 38.2 Å². The Morgan fingerprint density at radius 1 is 1.02 bits per heavy atom. The monoisotopic (exact) mass is 593 g/mol. The lowest BCUT2D eigenvalue weighted by Crippen LogP contribution is -2.47. The SMILES string of the molecule is C=C/C=C\[C@@H](C)[C@@H](OC(N)=O)[C@H](C)[C@@H](O)[C@H](C)C/C(C)=C\[C@@H](C)[C@H](O)[C@H](C)/C=C\[C@H](O)C[C@H]1OC(=O)[C@@H](C)[C@H](O)[C@@H]1C. The largest absolute Gasteiger partial charge is 0.462 e. The van der Waals surface area contributed by atoms with Crippen LogP contribution in [0, 0.1) is 41.4 Å². The molecule has 42 heavy (non-hydrogen) atoms. The molecule has 1 saturated heterocycles. The second kappa shape index (κ2) is 17.6. The topological polar surface area (TPSA) is 160 Å². The second-order valence-electron chi connectivity index (χ2n) is 12.4. The molecule has 1 amide bonds. The fourth-order valence-corrected chi connectivity index (χ4v) is 5.80. The van der Waals surface area contributed by atoms with Gasteiger partial charge in [0.1, 0.15) is 12.2 Å². The number of aliphatic hydroxyl groups is 4. The Labute approximate surface area is 252 Å². The van der Waals surface area contributed by atoms with Crippen molar-refractivity contribution in [2.24, 2.45) is 47.2 Å². The van der Waals surface area contributed by atoms with Crippen LogP contribution in [0.1, 0.15) is 68.2 Å². The smallest absolute Gasteiger partial charge is 0.404 e. The Hall–Kier alpha value is -2.46. The standard InChI is InChI=1S/C33H55NO8/c1-10-11-12-20(4)31(42-33(34)40)24(8)29(37)22(6)16-18(2)15-21(5)28(36)19(3)13-14-26(35)17-27-23(7)30(38)25(9)32(39)41-27/h10-15,19-31,35-38H,1,16-17H2,2-9H3,(H2,34,40)/b12-11-,14-13-,18-15-/t19-,20-,21-,22-,23-,24-,25+,26+,27-,28-,29+,30-,31-/m1/s1. The zero-order valence-electron chi connectivity index (χ0n) is 26.6. The maximum absolute atomic E-state index is 12.0. The molecule has 0 aliphatic carbocycles. The van der Waals surface area contributed by atoms with E-state index in [4.69, 9.17) is 15.2 Å². The first-order valence-electron chi connectivity index (χ1n) is 15.0. The van der Waals surface area contributed by atoms with Crippen LogP contribution in [0.3, 0.4) is 0 Å². The fourth-order valence-electron chi connectivity index (χ4n) is 5.80. The summed E-state index contributed by atoms with van der Waals surface area (Å²) in [5, 5.41) is 42.8. The summed E-state index contributed by atoms with van der Waals surface area (Å²) in [6, 6.07) is 0. The number of carbonyl (C=O) groups excluding carboxylic acids is 2. The molecule has 0 aromatic rings. The number of esters is 1. The Balaban J connectivity index is 2.76. The van der Waals surface area contributed by atoms with E-state index in [9.17, 15) is 30.0 Å². The highest BCUT2D eigenvalue weighted by atomic mass is 16.6. The molecule has 0 aromatic carbocycles. The number of hydrogen-bond donors (Lipinski definition) is 5. The van der Waals surface area contributed by atoms with Gasteiger partial charge in [-0.15, -0.1) is 0 Å². The van der Waals surface area contributed by atoms with Gasteiger partial charge >= 0.3 is 12.1 Å². The zero-order chi connectivity index (χ0) is 32.3. The third-order valence-corrected chi connectivity index (χ3v) is 8.62. The number of aliphatic hydroxyl groups excluding tert-OH is 4. The number of amides is 1. The minimum Gasteiger partial charge on any atom is -0.462 e. The summed E-state index contributed by atoms with van der Waals surface area (Å²) in [4.78, 5) is 23.5. The van der Waals surface area contributed by atoms with Crippen LogP contribution in [0.25, 0.3) is 0 Å². The van der Waals surface area contributed by atoms with E-state index < -0.39 is 54.6 Å². The maximum Gasteiger partial charge on any atom is 0.404 e. The summed E-state index contributed by atoms with van der Waals surface area (Å²) in [5.74, 6) is -2.52. The Bertz CT molecular complexity index is 962. The number of cyclic esters (lactones) is 1. The first kappa shape index (κ1) is 37.6. The highest BCUT2D eigenvalue weighted by Gasteiger charge is 2.41. The molecule has 6 N–H and O–H groups in total. The van der Waals surface area contributed by atoms with Crippen LogP contribution in [0.15, 0.2) is 48.6 Å². The molecule has 1 aliphatic rings. The van der Waals surface area contributed by atoms with Crippen molar-refractivity contribution in [3.8, 4) is 0 Å². The van der Waals surface area contributed by atoms with Crippen molar-refractivity contribution < 1.29 is 39.5 Å². The van der Waals surface area contributed by atoms with Gasteiger partial charge in [0.05, 0.1) is 30.3 Å². The highest BCUT2D eigenvalue weighted by molar-refractivity contribution is 5.73. The van der Waals surface area contributed by atoms with Crippen LogP contribution in [-0.4, -0.2) is 69.1 Å². The van der Waals surface area contributed by atoms with Gasteiger partial charge in [-0.05, 0) is 26.2 Å². The average molecular weight is 594 g/mol. The summed E-state index contributed by atoms with van der Waals surface area (Å²) in [6.07, 6.45) is 6.04. The number of allylic oxidation sites excluding steroid dienone is 3. The number of rotatable bonds is 16. The Morgan fingerprint density at radius 2 is 1.64 bits per heavy atom. The van der Waals surface area contributed by atoms with Crippen molar-refractivity contribution in [2.75, 3.05) is 0 Å². The van der Waals surface area contributed by atoms with Crippen LogP contribution in [-0.2, 0) is 14.3 Å². The summed E-state index contributed by atoms with van der Waals surface area (Å²) < 4.78 is 10.8. The van der Waals surface area contributed by atoms with Crippen molar-refractivity contribution >= 4 is 12.1 Å². The van der Waals surface area contributed by atoms with Crippen LogP contribution >= 0.6 is 0 Å². The predicted molar refractivity (Wildman–Crippen MR) is 164 cm³/mol. The Kier molecular flexibility index (Phi) is 15.7. The molecule has 0 saturated carbocycles. The molecule has 240 valence electrons. The first-order valence-corrected chi connectivity index (χ1v) is 15.0. The minimum atomic E-state index is -0.894. The van der Waals surface area contributed by atoms with Crippen molar-refractivity contribution in [2.45, 2.75) is 105 Å². The van der Waals surface area contributed by atoms with Crippen molar-refractivity contribution in [3.63, 3.8) is 0 Å². The molecule has 1 fully saturated rings. The molecule has 0 spiro atoms. The number of nitrogens with two attached hydrogens (primary N) is 1. The van der Waals surface area contributed by atoms with Crippen molar-refractivity contribution in [3.05, 3.63) is 48.6 Å². The molecule has 13 atom stereocenters. The molecule has 0 radical (unpaired) electrons. The van der Waals surface area contributed by atoms with E-state index in [1.807, 2.05) is 53.7 Å². The zero-order valence-corrected chi connectivity index (χ0v) is 26.6. The quantitative estimate of drug-likeness (QED) is 0.101. The molecule has 1 aliphatic heterocycles. The average Bonchev–Trinajstić information content (AvgIpc) is 2.93. The van der Waals surface area contributed by atoms with Gasteiger partial charge in [0, 0.05) is 36.0 Å². The van der Waals surface area contributed by atoms with E-state index in [0.29, 0.717) is 6.42 Å². The van der Waals surface area contributed by atoms with Crippen molar-refractivity contribution in [1.29, 1.82) is 0 Å². The summed E-state index contributed by atoms with van der Waals surface area (Å²) in [7, 11) is 0. The first-order chi connectivity index (χ1) is 19.5. The number of primary amides is 1. The number of ether oxygens (including phenoxy) is 2. The molecule has 9 heteroatoms. The van der Waals surface area contributed by atoms with Gasteiger partial charge in [-0.25, -0.2) is 4.79 Å². The fraction of sp³-hybridized carbons (Fsp3) is 0.697. The van der Waals surface area contributed by atoms with Crippen LogP contribution in [0.4, 0.5) is 4.79 Å². The van der Waals surface area contributed by atoms with Gasteiger partial charge in [0.25, 0.3) is 0 Å². The van der Waals surface area contributed by atoms with Gasteiger partial charge in [-0.3, -0.25) is 4.79 Å². The van der Waals surface area contributed by atoms with E-state index >= 15 is 0 Å². The summed E-state index contributed by atoms with van der Waals surface area (Å²) in [6.45, 7) is 18.5. The molecule has 1 rings (SSSR count). The van der Waals surface area contributed by atoms with Gasteiger partial charge in [-0.2, -0.15) is 0 Å². The van der Waals surface area contributed by atoms with E-state index in [0.717, 1.165) is 5.57 Å². The predicted octanol–water partition coefficient (Wildman–Crippen LogP) is 4.30. The minimum absolute atomic E-state index is 0.152. The number of carbonyl (C=O) groups is 2. The third-order valence-electron chi connectivity index (χ3n) is 8.62. The van der Waals surface area contributed by atoms with Gasteiger partial charge in [0.15, 0.2) is 0 Å². The lowest BCUT2D eigenvalue weighted by Gasteiger charge is -2.36.